The number of pyridine rings is 1. The summed E-state index contributed by atoms with van der Waals surface area (Å²) in [6.45, 7) is 3.44. The number of amides is 3. The molecule has 0 unspecified atom stereocenters. The second-order valence-electron chi connectivity index (χ2n) is 15.9. The predicted molar refractivity (Wildman–Crippen MR) is 260 cm³/mol. The number of nitrogens with one attached hydrogen (secondary N) is 5. The van der Waals surface area contributed by atoms with Crippen LogP contribution in [0, 0.1) is 22.7 Å². The Morgan fingerprint density at radius 1 is 0.776 bits per heavy atom. The van der Waals surface area contributed by atoms with E-state index in [2.05, 4.69) is 60.6 Å². The average molecular weight is 907 g/mol. The molecule has 1 saturated carbocycles. The molecule has 0 bridgehead atoms. The number of aromatic nitrogens is 7. The van der Waals surface area contributed by atoms with Gasteiger partial charge in [0, 0.05) is 55.4 Å². The van der Waals surface area contributed by atoms with E-state index in [0.29, 0.717) is 67.9 Å². The third kappa shape index (κ3) is 9.33. The molecule has 0 saturated heterocycles. The number of rotatable bonds is 12. The highest BCUT2D eigenvalue weighted by atomic mass is 35.5. The van der Waals surface area contributed by atoms with Crippen LogP contribution in [-0.4, -0.2) is 65.3 Å². The van der Waals surface area contributed by atoms with Crippen molar-refractivity contribution in [1.29, 1.82) is 10.5 Å². The van der Waals surface area contributed by atoms with Crippen LogP contribution in [0.4, 0.5) is 22.1 Å². The van der Waals surface area contributed by atoms with Gasteiger partial charge < -0.3 is 26.6 Å². The summed E-state index contributed by atoms with van der Waals surface area (Å²) in [6, 6.07) is 32.0. The van der Waals surface area contributed by atoms with Crippen molar-refractivity contribution in [2.45, 2.75) is 45.2 Å². The van der Waals surface area contributed by atoms with Crippen LogP contribution < -0.4 is 26.6 Å². The minimum Gasteiger partial charge on any atom is -0.367 e. The Morgan fingerprint density at radius 3 is 1.97 bits per heavy atom. The maximum atomic E-state index is 12.5. The Bertz CT molecular complexity index is 3410. The fourth-order valence-electron chi connectivity index (χ4n) is 7.59. The Hall–Kier alpha value is -8.60. The van der Waals surface area contributed by atoms with Crippen LogP contribution in [0.2, 0.25) is 5.02 Å². The number of nitriles is 2. The Morgan fingerprint density at radius 2 is 1.40 bits per heavy atom. The standard InChI is InChI=1S/C25H23ClN6O.C25H20N8O/c1-2-3-10-28-23-24-29-14-22(32(24)21-9-4-15(13-27)11-20(21)31-23)16-5-8-18(19(26)12-16)25(33)30-17-6-7-17;1-27-25(34)31-19-7-5-18(6-8-19)22-15-30-24-23(29-14-17-3-2-10-28-13-17)32-20-11-16(12-26)4-9-21(20)33(22)24/h4-5,8-9,11-12,14,17H,2-3,6-7,10H2,1H3,(H,28,31)(H,30,33);2-11,13,15H,14H2,1H3,(H,29,32)(H2,27,31,34). The van der Waals surface area contributed by atoms with Gasteiger partial charge in [0.15, 0.2) is 22.9 Å². The minimum atomic E-state index is -0.280. The van der Waals surface area contributed by atoms with Gasteiger partial charge in [0.1, 0.15) is 0 Å². The van der Waals surface area contributed by atoms with Gasteiger partial charge >= 0.3 is 6.03 Å². The van der Waals surface area contributed by atoms with Crippen LogP contribution in [0.1, 0.15) is 59.7 Å². The Labute approximate surface area is 389 Å². The number of anilines is 3. The lowest BCUT2D eigenvalue weighted by atomic mass is 10.1. The summed E-state index contributed by atoms with van der Waals surface area (Å²) in [5, 5.41) is 34.1. The first-order chi connectivity index (χ1) is 32.7. The minimum absolute atomic E-state index is 0.145. The molecule has 67 heavy (non-hydrogen) atoms. The number of halogens is 1. The molecule has 5 N–H and O–H groups in total. The van der Waals surface area contributed by atoms with Crippen molar-refractivity contribution in [1.82, 2.24) is 44.4 Å². The van der Waals surface area contributed by atoms with Gasteiger partial charge in [-0.2, -0.15) is 10.5 Å². The molecule has 5 heterocycles. The number of urea groups is 1. The van der Waals surface area contributed by atoms with E-state index in [1.54, 1.807) is 68.2 Å². The zero-order chi connectivity index (χ0) is 46.4. The van der Waals surface area contributed by atoms with Gasteiger partial charge in [-0.15, -0.1) is 0 Å². The van der Waals surface area contributed by atoms with Crippen LogP contribution in [0.15, 0.2) is 116 Å². The van der Waals surface area contributed by atoms with Crippen LogP contribution in [-0.2, 0) is 6.54 Å². The van der Waals surface area contributed by atoms with Gasteiger partial charge in [-0.3, -0.25) is 18.6 Å². The molecule has 9 aromatic rings. The number of imidazole rings is 2. The number of fused-ring (bicyclic) bond motifs is 6. The highest BCUT2D eigenvalue weighted by Gasteiger charge is 2.25. The summed E-state index contributed by atoms with van der Waals surface area (Å²) in [5.41, 5.74) is 11.1. The second kappa shape index (κ2) is 19.2. The fourth-order valence-corrected chi connectivity index (χ4v) is 7.86. The average Bonchev–Trinajstić information content (AvgIpc) is 3.87. The van der Waals surface area contributed by atoms with Gasteiger partial charge in [0.25, 0.3) is 5.91 Å². The third-order valence-corrected chi connectivity index (χ3v) is 11.5. The number of unbranched alkanes of at least 4 members (excludes halogenated alkanes) is 1. The van der Waals surface area contributed by atoms with Crippen LogP contribution in [0.25, 0.3) is 55.9 Å². The largest absolute Gasteiger partial charge is 0.367 e. The zero-order valence-corrected chi connectivity index (χ0v) is 37.3. The summed E-state index contributed by atoms with van der Waals surface area (Å²) in [6.07, 6.45) is 11.2. The van der Waals surface area contributed by atoms with E-state index in [-0.39, 0.29) is 18.0 Å². The van der Waals surface area contributed by atoms with E-state index in [1.807, 2.05) is 63.4 Å². The molecule has 0 aliphatic heterocycles. The van der Waals surface area contributed by atoms with E-state index in [4.69, 9.17) is 21.6 Å². The highest BCUT2D eigenvalue weighted by Crippen LogP contribution is 2.33. The van der Waals surface area contributed by atoms with E-state index in [0.717, 1.165) is 71.3 Å². The summed E-state index contributed by atoms with van der Waals surface area (Å²) in [4.78, 5) is 47.1. The van der Waals surface area contributed by atoms with Crippen LogP contribution in [0.3, 0.4) is 0 Å². The molecule has 16 nitrogen and oxygen atoms in total. The van der Waals surface area contributed by atoms with Crippen molar-refractivity contribution in [3.05, 3.63) is 143 Å². The van der Waals surface area contributed by atoms with Crippen molar-refractivity contribution in [3.63, 3.8) is 0 Å². The quantitative estimate of drug-likeness (QED) is 0.0728. The normalized spacial score (nSPS) is 12.0. The summed E-state index contributed by atoms with van der Waals surface area (Å²) in [7, 11) is 1.57. The van der Waals surface area contributed by atoms with Crippen molar-refractivity contribution in [3.8, 4) is 34.7 Å². The van der Waals surface area contributed by atoms with Gasteiger partial charge in [-0.25, -0.2) is 24.7 Å². The molecule has 0 spiro atoms. The lowest BCUT2D eigenvalue weighted by Gasteiger charge is -2.12. The molecule has 5 aromatic heterocycles. The van der Waals surface area contributed by atoms with Gasteiger partial charge in [-0.05, 0) is 91.6 Å². The van der Waals surface area contributed by atoms with Crippen molar-refractivity contribution < 1.29 is 9.59 Å². The van der Waals surface area contributed by atoms with Crippen molar-refractivity contribution >= 4 is 74.2 Å². The number of hydrogen-bond acceptors (Lipinski definition) is 11. The Balaban J connectivity index is 0.000000168. The number of carbonyl (C=O) groups is 2. The molecular formula is C50H43ClN14O2. The molecule has 4 aromatic carbocycles. The monoisotopic (exact) mass is 906 g/mol. The smallest absolute Gasteiger partial charge is 0.318 e. The molecule has 0 radical (unpaired) electrons. The number of hydrogen-bond donors (Lipinski definition) is 5. The molecule has 0 atom stereocenters. The summed E-state index contributed by atoms with van der Waals surface area (Å²) < 4.78 is 4.05. The maximum absolute atomic E-state index is 12.5. The van der Waals surface area contributed by atoms with Crippen LogP contribution >= 0.6 is 11.6 Å². The lowest BCUT2D eigenvalue weighted by Crippen LogP contribution is -2.25. The number of carbonyl (C=O) groups excluding carboxylic acids is 2. The first-order valence-corrected chi connectivity index (χ1v) is 22.1. The van der Waals surface area contributed by atoms with E-state index in [9.17, 15) is 20.1 Å². The molecule has 1 aliphatic rings. The van der Waals surface area contributed by atoms with Crippen LogP contribution in [0.5, 0.6) is 0 Å². The molecule has 332 valence electrons. The van der Waals surface area contributed by atoms with Gasteiger partial charge in [0.2, 0.25) is 0 Å². The van der Waals surface area contributed by atoms with E-state index < -0.39 is 0 Å². The topological polar surface area (TPSA) is 215 Å². The maximum Gasteiger partial charge on any atom is 0.318 e. The summed E-state index contributed by atoms with van der Waals surface area (Å²) >= 11 is 6.52. The number of benzene rings is 4. The zero-order valence-electron chi connectivity index (χ0n) is 36.5. The van der Waals surface area contributed by atoms with E-state index >= 15 is 0 Å². The fraction of sp³-hybridized carbons (Fsp3) is 0.180. The first kappa shape index (κ1) is 43.6. The lowest BCUT2D eigenvalue weighted by molar-refractivity contribution is 0.0951. The highest BCUT2D eigenvalue weighted by molar-refractivity contribution is 6.34. The molecule has 3 amide bonds. The van der Waals surface area contributed by atoms with Gasteiger partial charge in [-0.1, -0.05) is 49.2 Å². The van der Waals surface area contributed by atoms with Crippen molar-refractivity contribution in [2.75, 3.05) is 29.5 Å². The SMILES string of the molecule is CCCCNc1nc2cc(C#N)ccc2n2c(-c3ccc(C(=O)NC4CC4)c(Cl)c3)cnc12.CNC(=O)Nc1ccc(-c2cnc3c(NCc4cccnc4)nc4cc(C#N)ccc4n23)cc1. The molecular weight excluding hydrogens is 864 g/mol. The molecule has 1 aliphatic carbocycles. The second-order valence-corrected chi connectivity index (χ2v) is 16.3. The van der Waals surface area contributed by atoms with E-state index in [1.165, 1.54) is 0 Å². The summed E-state index contributed by atoms with van der Waals surface area (Å²) in [5.74, 6) is 1.13. The third-order valence-electron chi connectivity index (χ3n) is 11.2. The van der Waals surface area contributed by atoms with Gasteiger partial charge in [0.05, 0.1) is 79.7 Å². The predicted octanol–water partition coefficient (Wildman–Crippen LogP) is 9.36. The molecule has 1 fully saturated rings. The Kier molecular flexibility index (Phi) is 12.5. The van der Waals surface area contributed by atoms with Crippen molar-refractivity contribution in [2.24, 2.45) is 0 Å². The number of nitrogens with zero attached hydrogens (tertiary/aromatic N) is 9. The molecule has 17 heteroatoms. The molecule has 10 rings (SSSR count). The first-order valence-electron chi connectivity index (χ1n) is 21.7.